The van der Waals surface area contributed by atoms with E-state index in [2.05, 4.69) is 42.9 Å². The van der Waals surface area contributed by atoms with Gasteiger partial charge >= 0.3 is 0 Å². The van der Waals surface area contributed by atoms with Crippen LogP contribution in [0.2, 0.25) is 0 Å². The lowest BCUT2D eigenvalue weighted by Gasteiger charge is -2.23. The predicted molar refractivity (Wildman–Crippen MR) is 116 cm³/mol. The lowest BCUT2D eigenvalue weighted by atomic mass is 9.82. The van der Waals surface area contributed by atoms with Gasteiger partial charge in [0.1, 0.15) is 11.5 Å². The van der Waals surface area contributed by atoms with Crippen LogP contribution in [0.5, 0.6) is 17.4 Å². The molecule has 4 heteroatoms. The first-order chi connectivity index (χ1) is 14.0. The zero-order valence-corrected chi connectivity index (χ0v) is 16.9. The minimum Gasteiger partial charge on any atom is -0.507 e. The maximum absolute atomic E-state index is 10.2. The fourth-order valence-corrected chi connectivity index (χ4v) is 3.20. The molecule has 0 atom stereocenters. The Morgan fingerprint density at radius 1 is 0.862 bits per heavy atom. The van der Waals surface area contributed by atoms with Crippen LogP contribution < -0.4 is 4.74 Å². The van der Waals surface area contributed by atoms with Crippen molar-refractivity contribution in [2.75, 3.05) is 0 Å². The van der Waals surface area contributed by atoms with Gasteiger partial charge in [-0.3, -0.25) is 0 Å². The summed E-state index contributed by atoms with van der Waals surface area (Å²) in [6.45, 7) is 6.66. The van der Waals surface area contributed by atoms with Crippen molar-refractivity contribution < 1.29 is 9.84 Å². The molecule has 4 aromatic rings. The van der Waals surface area contributed by atoms with Crippen molar-refractivity contribution in [2.24, 2.45) is 0 Å². The zero-order chi connectivity index (χ0) is 20.4. The number of fused-ring (bicyclic) bond motifs is 1. The first-order valence-corrected chi connectivity index (χ1v) is 9.81. The Morgan fingerprint density at radius 3 is 2.28 bits per heavy atom. The van der Waals surface area contributed by atoms with Crippen molar-refractivity contribution in [3.8, 4) is 28.8 Å². The van der Waals surface area contributed by atoms with Gasteiger partial charge in [0.05, 0.1) is 16.5 Å². The number of phenols is 1. The Kier molecular flexibility index (Phi) is 4.93. The van der Waals surface area contributed by atoms with Crippen LogP contribution in [0.4, 0.5) is 0 Å². The molecule has 0 fully saturated rings. The largest absolute Gasteiger partial charge is 0.507 e. The number of hydrogen-bond acceptors (Lipinski definition) is 4. The van der Waals surface area contributed by atoms with Gasteiger partial charge in [-0.25, -0.2) is 4.98 Å². The van der Waals surface area contributed by atoms with E-state index >= 15 is 0 Å². The molecule has 4 nitrogen and oxygen atoms in total. The van der Waals surface area contributed by atoms with Gasteiger partial charge in [0.15, 0.2) is 5.82 Å². The molecule has 0 aliphatic carbocycles. The Balaban J connectivity index is 1.76. The molecule has 146 valence electrons. The van der Waals surface area contributed by atoms with E-state index < -0.39 is 0 Å². The summed E-state index contributed by atoms with van der Waals surface area (Å²) in [5.41, 5.74) is 2.73. The van der Waals surface area contributed by atoms with Crippen molar-refractivity contribution in [1.82, 2.24) is 9.97 Å². The molecular weight excluding hydrogens is 360 g/mol. The van der Waals surface area contributed by atoms with Crippen LogP contribution in [-0.4, -0.2) is 15.1 Å². The predicted octanol–water partition coefficient (Wildman–Crippen LogP) is 6.48. The van der Waals surface area contributed by atoms with Crippen molar-refractivity contribution in [3.05, 3.63) is 78.4 Å². The van der Waals surface area contributed by atoms with Crippen molar-refractivity contribution in [1.29, 1.82) is 0 Å². The third-order valence-electron chi connectivity index (χ3n) is 5.45. The number of para-hydroxylation sites is 2. The van der Waals surface area contributed by atoms with Crippen molar-refractivity contribution in [3.63, 3.8) is 0 Å². The first-order valence-electron chi connectivity index (χ1n) is 9.81. The van der Waals surface area contributed by atoms with Gasteiger partial charge in [0.25, 0.3) is 0 Å². The third kappa shape index (κ3) is 3.79. The normalized spacial score (nSPS) is 11.6. The molecule has 0 aliphatic rings. The highest BCUT2D eigenvalue weighted by Crippen LogP contribution is 2.34. The maximum atomic E-state index is 10.2. The summed E-state index contributed by atoms with van der Waals surface area (Å²) in [5, 5.41) is 11.0. The highest BCUT2D eigenvalue weighted by Gasteiger charge is 2.18. The summed E-state index contributed by atoms with van der Waals surface area (Å²) in [6, 6.07) is 22.9. The second-order valence-electron chi connectivity index (χ2n) is 7.75. The average Bonchev–Trinajstić information content (AvgIpc) is 2.74. The number of benzene rings is 3. The number of aromatic nitrogens is 2. The fourth-order valence-electron chi connectivity index (χ4n) is 3.20. The summed E-state index contributed by atoms with van der Waals surface area (Å²) in [5.74, 6) is 1.75. The number of nitrogens with zero attached hydrogens (tertiary/aromatic N) is 2. The lowest BCUT2D eigenvalue weighted by Crippen LogP contribution is -2.14. The van der Waals surface area contributed by atoms with Gasteiger partial charge < -0.3 is 9.84 Å². The Bertz CT molecular complexity index is 1150. The van der Waals surface area contributed by atoms with E-state index in [-0.39, 0.29) is 11.2 Å². The molecule has 0 amide bonds. The van der Waals surface area contributed by atoms with Crippen LogP contribution in [0.25, 0.3) is 22.3 Å². The molecule has 1 aromatic heterocycles. The van der Waals surface area contributed by atoms with Crippen LogP contribution in [0.1, 0.15) is 32.8 Å². The number of aromatic hydroxyl groups is 1. The smallest absolute Gasteiger partial charge is 0.230 e. The van der Waals surface area contributed by atoms with E-state index in [1.807, 2.05) is 42.5 Å². The van der Waals surface area contributed by atoms with Crippen LogP contribution in [0.15, 0.2) is 72.8 Å². The Hall–Kier alpha value is -3.40. The van der Waals surface area contributed by atoms with E-state index in [9.17, 15) is 5.11 Å². The average molecular weight is 384 g/mol. The monoisotopic (exact) mass is 384 g/mol. The molecule has 1 heterocycles. The van der Waals surface area contributed by atoms with E-state index in [0.717, 1.165) is 17.3 Å². The molecule has 0 saturated heterocycles. The molecule has 0 unspecified atom stereocenters. The summed E-state index contributed by atoms with van der Waals surface area (Å²) < 4.78 is 6.16. The minimum absolute atomic E-state index is 0.123. The molecule has 29 heavy (non-hydrogen) atoms. The molecule has 0 saturated carbocycles. The molecule has 1 N–H and O–H groups in total. The van der Waals surface area contributed by atoms with Gasteiger partial charge in [-0.1, -0.05) is 57.2 Å². The van der Waals surface area contributed by atoms with E-state index in [1.54, 1.807) is 18.2 Å². The molecule has 4 rings (SSSR count). The van der Waals surface area contributed by atoms with Crippen LogP contribution in [-0.2, 0) is 5.41 Å². The Morgan fingerprint density at radius 2 is 1.55 bits per heavy atom. The van der Waals surface area contributed by atoms with E-state index in [1.165, 1.54) is 5.56 Å². The van der Waals surface area contributed by atoms with Crippen LogP contribution in [0, 0.1) is 0 Å². The molecule has 0 radical (unpaired) electrons. The first kappa shape index (κ1) is 18.9. The van der Waals surface area contributed by atoms with Gasteiger partial charge in [-0.05, 0) is 53.8 Å². The highest BCUT2D eigenvalue weighted by molar-refractivity contribution is 5.85. The third-order valence-corrected chi connectivity index (χ3v) is 5.45. The standard InChI is InChI=1S/C25H24N2O2/c1-4-25(2,3)17-13-15-18(16-14-17)29-24-19-9-5-7-11-21(19)26-23(27-24)20-10-6-8-12-22(20)28/h5-16,28H,4H2,1-3H3. The molecule has 0 spiro atoms. The number of ether oxygens (including phenoxy) is 1. The fraction of sp³-hybridized carbons (Fsp3) is 0.200. The lowest BCUT2D eigenvalue weighted by molar-refractivity contribution is 0.465. The quantitative estimate of drug-likeness (QED) is 0.428. The number of phenolic OH excluding ortho intramolecular Hbond substituents is 1. The van der Waals surface area contributed by atoms with Crippen LogP contribution in [0.3, 0.4) is 0 Å². The van der Waals surface area contributed by atoms with Crippen LogP contribution >= 0.6 is 0 Å². The van der Waals surface area contributed by atoms with Gasteiger partial charge in [-0.15, -0.1) is 0 Å². The summed E-state index contributed by atoms with van der Waals surface area (Å²) in [7, 11) is 0. The molecule has 0 bridgehead atoms. The topological polar surface area (TPSA) is 55.2 Å². The van der Waals surface area contributed by atoms with E-state index in [0.29, 0.717) is 23.0 Å². The second kappa shape index (κ2) is 7.55. The molecule has 3 aromatic carbocycles. The zero-order valence-electron chi connectivity index (χ0n) is 16.9. The molecular formula is C25H24N2O2. The Labute approximate surface area is 170 Å². The number of hydrogen-bond donors (Lipinski definition) is 1. The summed E-state index contributed by atoms with van der Waals surface area (Å²) >= 11 is 0. The minimum atomic E-state index is 0.123. The van der Waals surface area contributed by atoms with Gasteiger partial charge in [0, 0.05) is 0 Å². The molecule has 0 aliphatic heterocycles. The van der Waals surface area contributed by atoms with Gasteiger partial charge in [0.2, 0.25) is 5.88 Å². The summed E-state index contributed by atoms with van der Waals surface area (Å²) in [4.78, 5) is 9.24. The maximum Gasteiger partial charge on any atom is 0.230 e. The highest BCUT2D eigenvalue weighted by atomic mass is 16.5. The van der Waals surface area contributed by atoms with E-state index in [4.69, 9.17) is 4.74 Å². The summed E-state index contributed by atoms with van der Waals surface area (Å²) in [6.07, 6.45) is 1.06. The SMILES string of the molecule is CCC(C)(C)c1ccc(Oc2nc(-c3ccccc3O)nc3ccccc23)cc1. The second-order valence-corrected chi connectivity index (χ2v) is 7.75. The van der Waals surface area contributed by atoms with Crippen molar-refractivity contribution in [2.45, 2.75) is 32.6 Å². The number of rotatable bonds is 5. The van der Waals surface area contributed by atoms with Crippen molar-refractivity contribution >= 4 is 10.9 Å². The van der Waals surface area contributed by atoms with Gasteiger partial charge in [-0.2, -0.15) is 4.98 Å².